The van der Waals surface area contributed by atoms with Gasteiger partial charge in [0.25, 0.3) is 0 Å². The van der Waals surface area contributed by atoms with E-state index in [4.69, 9.17) is 10.2 Å². The number of nitrogen functional groups attached to an aromatic ring is 1. The Kier molecular flexibility index (Phi) is 3.17. The highest BCUT2D eigenvalue weighted by molar-refractivity contribution is 5.85. The summed E-state index contributed by atoms with van der Waals surface area (Å²) in [5.74, 6) is -0.444. The summed E-state index contributed by atoms with van der Waals surface area (Å²) in [5.41, 5.74) is 8.97. The number of H-pyrrole nitrogens is 1. The van der Waals surface area contributed by atoms with E-state index in [-0.39, 0.29) is 0 Å². The van der Waals surface area contributed by atoms with Crippen molar-refractivity contribution < 1.29 is 4.42 Å². The molecule has 1 atom stereocenters. The van der Waals surface area contributed by atoms with Crippen LogP contribution in [-0.4, -0.2) is 42.6 Å². The van der Waals surface area contributed by atoms with Crippen LogP contribution in [0.2, 0.25) is 0 Å². The number of likely N-dealkylation sites (N-methyl/N-ethyl adjacent to an activating group) is 1. The van der Waals surface area contributed by atoms with Gasteiger partial charge >= 0.3 is 5.76 Å². The smallest absolute Gasteiger partial charge is 0.408 e. The Labute approximate surface area is 117 Å². The first kappa shape index (κ1) is 13.1. The number of hydrogen-bond acceptors (Lipinski definition) is 5. The van der Waals surface area contributed by atoms with Crippen LogP contribution in [0.1, 0.15) is 13.3 Å². The van der Waals surface area contributed by atoms with E-state index in [2.05, 4.69) is 28.8 Å². The van der Waals surface area contributed by atoms with E-state index in [0.29, 0.717) is 22.8 Å². The topological polar surface area (TPSA) is 78.5 Å². The van der Waals surface area contributed by atoms with Gasteiger partial charge in [-0.25, -0.2) is 4.79 Å². The minimum Gasteiger partial charge on any atom is -0.408 e. The Morgan fingerprint density at radius 3 is 3.00 bits per heavy atom. The van der Waals surface area contributed by atoms with Crippen LogP contribution in [0.4, 0.5) is 11.4 Å². The molecule has 0 bridgehead atoms. The summed E-state index contributed by atoms with van der Waals surface area (Å²) in [7, 11) is 2.14. The van der Waals surface area contributed by atoms with Gasteiger partial charge in [-0.1, -0.05) is 0 Å². The van der Waals surface area contributed by atoms with Crippen molar-refractivity contribution in [2.24, 2.45) is 0 Å². The van der Waals surface area contributed by atoms with Crippen LogP contribution in [0.25, 0.3) is 11.1 Å². The molecular formula is C14H20N4O2. The van der Waals surface area contributed by atoms with Gasteiger partial charge in [-0.3, -0.25) is 4.98 Å². The molecule has 2 heterocycles. The average Bonchev–Trinajstić information content (AvgIpc) is 2.63. The third kappa shape index (κ3) is 2.27. The van der Waals surface area contributed by atoms with Gasteiger partial charge in [-0.15, -0.1) is 0 Å². The lowest BCUT2D eigenvalue weighted by molar-refractivity contribution is 0.337. The van der Waals surface area contributed by atoms with Gasteiger partial charge < -0.3 is 20.0 Å². The van der Waals surface area contributed by atoms with Crippen molar-refractivity contribution in [1.29, 1.82) is 0 Å². The molecule has 6 heteroatoms. The minimum absolute atomic E-state index is 0.376. The van der Waals surface area contributed by atoms with E-state index >= 15 is 0 Å². The van der Waals surface area contributed by atoms with Gasteiger partial charge in [0.05, 0.1) is 16.9 Å². The highest BCUT2D eigenvalue weighted by Crippen LogP contribution is 2.30. The zero-order valence-electron chi connectivity index (χ0n) is 11.8. The number of benzene rings is 1. The summed E-state index contributed by atoms with van der Waals surface area (Å²) < 4.78 is 5.04. The normalized spacial score (nSPS) is 21.3. The molecule has 1 aromatic carbocycles. The quantitative estimate of drug-likeness (QED) is 0.766. The number of hydrogen-bond donors (Lipinski definition) is 2. The van der Waals surface area contributed by atoms with Crippen molar-refractivity contribution in [2.75, 3.05) is 37.3 Å². The zero-order valence-corrected chi connectivity index (χ0v) is 11.8. The lowest BCUT2D eigenvalue weighted by Crippen LogP contribution is -2.38. The van der Waals surface area contributed by atoms with Crippen molar-refractivity contribution in [1.82, 2.24) is 9.88 Å². The first-order chi connectivity index (χ1) is 9.54. The molecular weight excluding hydrogens is 256 g/mol. The highest BCUT2D eigenvalue weighted by Gasteiger charge is 2.22. The fraction of sp³-hybridized carbons (Fsp3) is 0.500. The van der Waals surface area contributed by atoms with E-state index in [0.717, 1.165) is 31.7 Å². The third-order valence-electron chi connectivity index (χ3n) is 3.92. The monoisotopic (exact) mass is 276 g/mol. The molecule has 0 saturated carbocycles. The molecule has 1 aliphatic rings. The first-order valence-electron chi connectivity index (χ1n) is 6.92. The second-order valence-electron chi connectivity index (χ2n) is 5.58. The van der Waals surface area contributed by atoms with Crippen molar-refractivity contribution in [3.63, 3.8) is 0 Å². The van der Waals surface area contributed by atoms with Crippen LogP contribution in [0.3, 0.4) is 0 Å². The van der Waals surface area contributed by atoms with E-state index in [1.807, 2.05) is 6.07 Å². The van der Waals surface area contributed by atoms with Crippen LogP contribution < -0.4 is 16.4 Å². The maximum atomic E-state index is 11.3. The fourth-order valence-electron chi connectivity index (χ4n) is 2.98. The lowest BCUT2D eigenvalue weighted by atomic mass is 10.1. The number of anilines is 2. The predicted molar refractivity (Wildman–Crippen MR) is 80.2 cm³/mol. The van der Waals surface area contributed by atoms with E-state index in [1.165, 1.54) is 0 Å². The van der Waals surface area contributed by atoms with Crippen LogP contribution >= 0.6 is 0 Å². The molecule has 1 saturated heterocycles. The number of nitrogens with two attached hydrogens (primary N) is 1. The van der Waals surface area contributed by atoms with Gasteiger partial charge in [-0.05, 0) is 33.0 Å². The van der Waals surface area contributed by atoms with Crippen LogP contribution in [0, 0.1) is 0 Å². The minimum atomic E-state index is -0.444. The summed E-state index contributed by atoms with van der Waals surface area (Å²) in [5, 5.41) is 0. The molecule has 0 spiro atoms. The molecule has 0 radical (unpaired) electrons. The number of nitrogens with zero attached hydrogens (tertiary/aromatic N) is 2. The van der Waals surface area contributed by atoms with Crippen molar-refractivity contribution in [3.05, 3.63) is 22.7 Å². The van der Waals surface area contributed by atoms with E-state index < -0.39 is 5.76 Å². The second-order valence-corrected chi connectivity index (χ2v) is 5.58. The number of aromatic nitrogens is 1. The summed E-state index contributed by atoms with van der Waals surface area (Å²) in [6, 6.07) is 4.02. The summed E-state index contributed by atoms with van der Waals surface area (Å²) in [6.07, 6.45) is 1.10. The lowest BCUT2D eigenvalue weighted by Gasteiger charge is -2.31. The molecule has 2 aromatic rings. The molecule has 1 aromatic heterocycles. The molecule has 3 N–H and O–H groups in total. The van der Waals surface area contributed by atoms with Gasteiger partial charge in [-0.2, -0.15) is 0 Å². The fourth-order valence-corrected chi connectivity index (χ4v) is 2.98. The van der Waals surface area contributed by atoms with E-state index in [9.17, 15) is 4.79 Å². The Bertz CT molecular complexity index is 675. The number of nitrogens with one attached hydrogen (secondary N) is 1. The molecule has 20 heavy (non-hydrogen) atoms. The highest BCUT2D eigenvalue weighted by atomic mass is 16.4. The number of fused-ring (bicyclic) bond motifs is 1. The number of rotatable bonds is 1. The molecule has 0 amide bonds. The molecule has 6 nitrogen and oxygen atoms in total. The van der Waals surface area contributed by atoms with Crippen LogP contribution in [0.15, 0.2) is 21.3 Å². The van der Waals surface area contributed by atoms with Gasteiger partial charge in [0.15, 0.2) is 5.58 Å². The molecule has 1 unspecified atom stereocenters. The third-order valence-corrected chi connectivity index (χ3v) is 3.92. The largest absolute Gasteiger partial charge is 0.417 e. The Balaban J connectivity index is 2.03. The van der Waals surface area contributed by atoms with E-state index in [1.54, 1.807) is 6.07 Å². The van der Waals surface area contributed by atoms with Crippen molar-refractivity contribution in [3.8, 4) is 0 Å². The summed E-state index contributed by atoms with van der Waals surface area (Å²) in [6.45, 7) is 5.25. The predicted octanol–water partition coefficient (Wildman–Crippen LogP) is 1.23. The second kappa shape index (κ2) is 4.86. The van der Waals surface area contributed by atoms with Gasteiger partial charge in [0.1, 0.15) is 0 Å². The summed E-state index contributed by atoms with van der Waals surface area (Å²) in [4.78, 5) is 18.6. The average molecular weight is 276 g/mol. The van der Waals surface area contributed by atoms with Crippen molar-refractivity contribution in [2.45, 2.75) is 19.4 Å². The van der Waals surface area contributed by atoms with Gasteiger partial charge in [0, 0.05) is 25.2 Å². The Morgan fingerprint density at radius 2 is 2.20 bits per heavy atom. The maximum Gasteiger partial charge on any atom is 0.417 e. The molecule has 1 fully saturated rings. The Morgan fingerprint density at radius 1 is 1.40 bits per heavy atom. The molecule has 0 aliphatic carbocycles. The standard InChI is InChI=1S/C14H20N4O2/c1-9-8-17(2)4-3-5-18(9)12-7-11-13(6-10(12)15)20-14(19)16-11/h6-7,9H,3-5,8,15H2,1-2H3,(H,16,19). The van der Waals surface area contributed by atoms with Crippen LogP contribution in [-0.2, 0) is 0 Å². The molecule has 108 valence electrons. The van der Waals surface area contributed by atoms with Crippen LogP contribution in [0.5, 0.6) is 0 Å². The number of oxazole rings is 1. The zero-order chi connectivity index (χ0) is 14.3. The Hall–Kier alpha value is -1.95. The van der Waals surface area contributed by atoms with Gasteiger partial charge in [0.2, 0.25) is 0 Å². The molecule has 1 aliphatic heterocycles. The summed E-state index contributed by atoms with van der Waals surface area (Å²) >= 11 is 0. The SMILES string of the molecule is CC1CN(C)CCCN1c1cc2[nH]c(=O)oc2cc1N. The van der Waals surface area contributed by atoms with Crippen molar-refractivity contribution >= 4 is 22.5 Å². The first-order valence-corrected chi connectivity index (χ1v) is 6.92. The number of aromatic amines is 1. The molecule has 3 rings (SSSR count). The maximum absolute atomic E-state index is 11.3.